The maximum atomic E-state index is 6.47. The summed E-state index contributed by atoms with van der Waals surface area (Å²) in [5.74, 6) is 0.520. The maximum absolute atomic E-state index is 6.47. The number of nitrogens with zero attached hydrogens (tertiary/aromatic N) is 6. The van der Waals surface area contributed by atoms with Crippen molar-refractivity contribution in [3.05, 3.63) is 162 Å². The van der Waals surface area contributed by atoms with Crippen LogP contribution in [0.25, 0.3) is 39.1 Å². The fraction of sp³-hybridized carbons (Fsp3) is 0.0526. The molecule has 8 rings (SSSR count). The molecule has 0 amide bonds. The van der Waals surface area contributed by atoms with Gasteiger partial charge in [-0.3, -0.25) is 0 Å². The molecule has 6 nitrogen and oxygen atoms in total. The van der Waals surface area contributed by atoms with Gasteiger partial charge in [0.2, 0.25) is 5.95 Å². The minimum Gasteiger partial charge on any atom is -0.240 e. The first-order valence-electron chi connectivity index (χ1n) is 14.9. The van der Waals surface area contributed by atoms with Crippen molar-refractivity contribution < 1.29 is 0 Å². The second kappa shape index (κ2) is 11.5. The van der Waals surface area contributed by atoms with E-state index in [1.165, 1.54) is 0 Å². The lowest BCUT2D eigenvalue weighted by atomic mass is 9.96. The zero-order valence-corrected chi connectivity index (χ0v) is 25.0. The fourth-order valence-electron chi connectivity index (χ4n) is 5.91. The topological polar surface area (TPSA) is 59.2 Å². The van der Waals surface area contributed by atoms with E-state index in [1.807, 2.05) is 101 Å². The molecule has 1 aliphatic heterocycles. The molecule has 2 aromatic heterocycles. The van der Waals surface area contributed by atoms with Gasteiger partial charge in [-0.15, -0.1) is 0 Å². The summed E-state index contributed by atoms with van der Waals surface area (Å²) in [6.07, 6.45) is 2.78. The van der Waals surface area contributed by atoms with Crippen LogP contribution in [0.4, 0.5) is 5.95 Å². The van der Waals surface area contributed by atoms with Crippen LogP contribution in [0.5, 0.6) is 0 Å². The third kappa shape index (κ3) is 5.15. The van der Waals surface area contributed by atoms with Crippen molar-refractivity contribution in [3.8, 4) is 28.2 Å². The minimum absolute atomic E-state index is 0.207. The third-order valence-corrected chi connectivity index (χ3v) is 8.32. The Kier molecular flexibility index (Phi) is 6.89. The van der Waals surface area contributed by atoms with Crippen LogP contribution >= 0.6 is 11.6 Å². The molecule has 0 N–H and O–H groups in total. The number of fused-ring (bicyclic) bond motifs is 1. The van der Waals surface area contributed by atoms with E-state index in [-0.39, 0.29) is 6.04 Å². The molecule has 0 spiro atoms. The summed E-state index contributed by atoms with van der Waals surface area (Å²) in [6.45, 7) is 0. The van der Waals surface area contributed by atoms with Gasteiger partial charge in [-0.25, -0.2) is 19.7 Å². The number of rotatable bonds is 6. The number of hydrazone groups is 1. The van der Waals surface area contributed by atoms with Crippen molar-refractivity contribution in [1.82, 2.24) is 19.7 Å². The minimum atomic E-state index is -0.207. The van der Waals surface area contributed by atoms with E-state index in [0.717, 1.165) is 55.9 Å². The van der Waals surface area contributed by atoms with Crippen molar-refractivity contribution in [2.45, 2.75) is 12.5 Å². The molecule has 5 aromatic carbocycles. The summed E-state index contributed by atoms with van der Waals surface area (Å²) in [7, 11) is 0. The van der Waals surface area contributed by atoms with E-state index in [2.05, 4.69) is 54.7 Å². The van der Waals surface area contributed by atoms with Crippen molar-refractivity contribution in [3.63, 3.8) is 0 Å². The normalized spacial score (nSPS) is 14.6. The third-order valence-electron chi connectivity index (χ3n) is 8.08. The second-order valence-electron chi connectivity index (χ2n) is 11.0. The molecule has 0 aliphatic carbocycles. The lowest BCUT2D eigenvalue weighted by Crippen LogP contribution is -2.21. The van der Waals surface area contributed by atoms with Crippen LogP contribution in [0.3, 0.4) is 0 Å². The Morgan fingerprint density at radius 3 is 1.89 bits per heavy atom. The predicted octanol–water partition coefficient (Wildman–Crippen LogP) is 9.16. The number of halogens is 1. The summed E-state index contributed by atoms with van der Waals surface area (Å²) >= 11 is 6.47. The Bertz CT molecular complexity index is 2150. The summed E-state index contributed by atoms with van der Waals surface area (Å²) < 4.78 is 1.95. The van der Waals surface area contributed by atoms with E-state index in [9.17, 15) is 0 Å². The largest absolute Gasteiger partial charge is 0.247 e. The Morgan fingerprint density at radius 1 is 0.622 bits per heavy atom. The van der Waals surface area contributed by atoms with Crippen LogP contribution in [-0.2, 0) is 0 Å². The lowest BCUT2D eigenvalue weighted by Gasteiger charge is -2.23. The molecular formula is C38H27ClN6. The van der Waals surface area contributed by atoms with E-state index >= 15 is 0 Å². The van der Waals surface area contributed by atoms with Gasteiger partial charge in [0.1, 0.15) is 0 Å². The van der Waals surface area contributed by atoms with Crippen LogP contribution < -0.4 is 5.01 Å². The summed E-state index contributed by atoms with van der Waals surface area (Å²) in [5, 5.41) is 13.9. The van der Waals surface area contributed by atoms with Crippen molar-refractivity contribution in [2.75, 3.05) is 5.01 Å². The van der Waals surface area contributed by atoms with E-state index < -0.39 is 0 Å². The van der Waals surface area contributed by atoms with Crippen LogP contribution in [-0.4, -0.2) is 25.5 Å². The fourth-order valence-corrected chi connectivity index (χ4v) is 6.09. The molecule has 45 heavy (non-hydrogen) atoms. The van der Waals surface area contributed by atoms with Crippen LogP contribution in [0, 0.1) is 0 Å². The van der Waals surface area contributed by atoms with E-state index in [4.69, 9.17) is 31.8 Å². The first kappa shape index (κ1) is 27.0. The van der Waals surface area contributed by atoms with Gasteiger partial charge in [0.25, 0.3) is 0 Å². The van der Waals surface area contributed by atoms with Gasteiger partial charge in [0.05, 0.1) is 34.3 Å². The standard InChI is InChI=1S/C38H27ClN6/c39-29-21-22-33-31(23-29)36(27-15-7-2-8-16-27)41-38(40-33)45-35(24-34(42-45)26-13-5-1-6-14-26)32-25-44(30-19-11-4-12-20-30)43-37(32)28-17-9-3-10-18-28/h1-23,25,35H,24H2/t35-/m0/s1. The summed E-state index contributed by atoms with van der Waals surface area (Å²) in [6, 6.07) is 46.5. The molecule has 7 aromatic rings. The Balaban J connectivity index is 1.34. The number of benzene rings is 5. The molecule has 0 unspecified atom stereocenters. The Morgan fingerprint density at radius 2 is 1.22 bits per heavy atom. The molecular weight excluding hydrogens is 576 g/mol. The van der Waals surface area contributed by atoms with Crippen LogP contribution in [0.15, 0.2) is 151 Å². The predicted molar refractivity (Wildman–Crippen MR) is 182 cm³/mol. The number of hydrogen-bond acceptors (Lipinski definition) is 5. The van der Waals surface area contributed by atoms with Gasteiger partial charge in [-0.1, -0.05) is 121 Å². The highest BCUT2D eigenvalue weighted by Crippen LogP contribution is 2.41. The molecule has 7 heteroatoms. The molecule has 1 aliphatic rings. The quantitative estimate of drug-likeness (QED) is 0.190. The monoisotopic (exact) mass is 602 g/mol. The number of para-hydroxylation sites is 1. The number of anilines is 1. The molecule has 1 atom stereocenters. The number of aromatic nitrogens is 4. The first-order chi connectivity index (χ1) is 22.2. The maximum Gasteiger partial charge on any atom is 0.247 e. The molecule has 0 saturated carbocycles. The molecule has 216 valence electrons. The van der Waals surface area contributed by atoms with Crippen LogP contribution in [0.2, 0.25) is 5.02 Å². The van der Waals surface area contributed by atoms with Gasteiger partial charge < -0.3 is 0 Å². The summed E-state index contributed by atoms with van der Waals surface area (Å²) in [5.41, 5.74) is 8.59. The van der Waals surface area contributed by atoms with Gasteiger partial charge in [-0.05, 0) is 35.9 Å². The van der Waals surface area contributed by atoms with Crippen molar-refractivity contribution in [2.24, 2.45) is 5.10 Å². The Hall–Kier alpha value is -5.59. The Labute approximate surface area is 265 Å². The van der Waals surface area contributed by atoms with Gasteiger partial charge in [0, 0.05) is 39.7 Å². The zero-order chi connectivity index (χ0) is 30.2. The van der Waals surface area contributed by atoms with E-state index in [0.29, 0.717) is 17.4 Å². The lowest BCUT2D eigenvalue weighted by molar-refractivity contribution is 0.690. The average Bonchev–Trinajstić information content (AvgIpc) is 3.75. The van der Waals surface area contributed by atoms with Crippen LogP contribution in [0.1, 0.15) is 23.6 Å². The molecule has 3 heterocycles. The van der Waals surface area contributed by atoms with Crippen molar-refractivity contribution >= 4 is 34.2 Å². The highest BCUT2D eigenvalue weighted by atomic mass is 35.5. The first-order valence-corrected chi connectivity index (χ1v) is 15.2. The van der Waals surface area contributed by atoms with E-state index in [1.54, 1.807) is 0 Å². The second-order valence-corrected chi connectivity index (χ2v) is 11.4. The average molecular weight is 603 g/mol. The SMILES string of the molecule is Clc1ccc2nc(N3N=C(c4ccccc4)C[C@H]3c3cn(-c4ccccc4)nc3-c3ccccc3)nc(-c3ccccc3)c2c1. The van der Waals surface area contributed by atoms with Crippen molar-refractivity contribution in [1.29, 1.82) is 0 Å². The summed E-state index contributed by atoms with van der Waals surface area (Å²) in [4.78, 5) is 10.3. The highest BCUT2D eigenvalue weighted by Gasteiger charge is 2.35. The smallest absolute Gasteiger partial charge is 0.240 e. The highest BCUT2D eigenvalue weighted by molar-refractivity contribution is 6.31. The zero-order valence-electron chi connectivity index (χ0n) is 24.2. The van der Waals surface area contributed by atoms with Gasteiger partial charge in [0.15, 0.2) is 0 Å². The molecule has 0 bridgehead atoms. The molecule has 0 radical (unpaired) electrons. The molecule has 0 saturated heterocycles. The molecule has 0 fully saturated rings. The number of hydrogen-bond donors (Lipinski definition) is 0. The van der Waals surface area contributed by atoms with Gasteiger partial charge >= 0.3 is 0 Å². The van der Waals surface area contributed by atoms with Gasteiger partial charge in [-0.2, -0.15) is 10.2 Å².